The van der Waals surface area contributed by atoms with E-state index < -0.39 is 30.4 Å². The van der Waals surface area contributed by atoms with Crippen LogP contribution in [0.25, 0.3) is 11.1 Å². The fraction of sp³-hybridized carbons (Fsp3) is 0.240. The molecule has 2 amide bonds. The number of carbonyl (C=O) groups is 3. The number of hydrogen-bond donors (Lipinski definition) is 3. The molecule has 8 nitrogen and oxygen atoms in total. The fourth-order valence-electron chi connectivity index (χ4n) is 4.20. The number of hydrogen-bond acceptors (Lipinski definition) is 4. The normalized spacial score (nSPS) is 13.0. The molecular weight excluding hydrogens is 422 g/mol. The van der Waals surface area contributed by atoms with E-state index in [-0.39, 0.29) is 12.5 Å². The minimum absolute atomic E-state index is 0.0666. The van der Waals surface area contributed by atoms with E-state index in [2.05, 4.69) is 10.7 Å². The van der Waals surface area contributed by atoms with Crippen molar-refractivity contribution in [2.24, 2.45) is 0 Å². The summed E-state index contributed by atoms with van der Waals surface area (Å²) in [6.45, 7) is 3.67. The lowest BCUT2D eigenvalue weighted by Crippen LogP contribution is -2.47. The lowest BCUT2D eigenvalue weighted by molar-refractivity contribution is -0.139. The number of aromatic nitrogens is 1. The zero-order valence-electron chi connectivity index (χ0n) is 18.4. The van der Waals surface area contributed by atoms with Crippen molar-refractivity contribution in [1.82, 2.24) is 9.99 Å². The second-order valence-electron chi connectivity index (χ2n) is 8.05. The van der Waals surface area contributed by atoms with Crippen LogP contribution in [0.15, 0.2) is 60.7 Å². The van der Waals surface area contributed by atoms with Crippen LogP contribution in [-0.4, -0.2) is 40.4 Å². The second kappa shape index (κ2) is 9.20. The van der Waals surface area contributed by atoms with E-state index in [1.807, 2.05) is 60.7 Å². The van der Waals surface area contributed by atoms with Crippen LogP contribution in [0.2, 0.25) is 0 Å². The molecule has 1 atom stereocenters. The van der Waals surface area contributed by atoms with Crippen LogP contribution in [0.3, 0.4) is 0 Å². The Morgan fingerprint density at radius 2 is 1.48 bits per heavy atom. The minimum Gasteiger partial charge on any atom is -0.481 e. The third kappa shape index (κ3) is 4.59. The number of nitrogens with zero attached hydrogens (tertiary/aromatic N) is 1. The Balaban J connectivity index is 1.44. The molecule has 0 spiro atoms. The summed E-state index contributed by atoms with van der Waals surface area (Å²) in [4.78, 5) is 36.5. The lowest BCUT2D eigenvalue weighted by Gasteiger charge is -2.20. The van der Waals surface area contributed by atoms with Gasteiger partial charge in [0.05, 0.1) is 6.42 Å². The Morgan fingerprint density at radius 3 is 2.03 bits per heavy atom. The number of fused-ring (bicyclic) bond motifs is 3. The topological polar surface area (TPSA) is 110 Å². The summed E-state index contributed by atoms with van der Waals surface area (Å²) < 4.78 is 6.99. The summed E-state index contributed by atoms with van der Waals surface area (Å²) in [5.74, 6) is -2.00. The first kappa shape index (κ1) is 22.1. The Labute approximate surface area is 191 Å². The molecule has 33 heavy (non-hydrogen) atoms. The van der Waals surface area contributed by atoms with Crippen molar-refractivity contribution in [3.63, 3.8) is 0 Å². The summed E-state index contributed by atoms with van der Waals surface area (Å²) in [7, 11) is 0. The van der Waals surface area contributed by atoms with Gasteiger partial charge in [0, 0.05) is 17.3 Å². The van der Waals surface area contributed by atoms with Crippen LogP contribution >= 0.6 is 0 Å². The zero-order valence-corrected chi connectivity index (χ0v) is 18.4. The zero-order chi connectivity index (χ0) is 23.5. The highest BCUT2D eigenvalue weighted by molar-refractivity contribution is 5.94. The first-order valence-corrected chi connectivity index (χ1v) is 10.6. The molecule has 1 aromatic heterocycles. The molecule has 170 valence electrons. The minimum atomic E-state index is -1.29. The van der Waals surface area contributed by atoms with Gasteiger partial charge in [-0.15, -0.1) is 0 Å². The van der Waals surface area contributed by atoms with Crippen LogP contribution in [0, 0.1) is 13.8 Å². The number of carboxylic acids is 1. The number of aryl methyl sites for hydroxylation is 2. The maximum absolute atomic E-state index is 12.7. The van der Waals surface area contributed by atoms with E-state index in [0.717, 1.165) is 33.6 Å². The maximum Gasteiger partial charge on any atom is 0.407 e. The van der Waals surface area contributed by atoms with Crippen molar-refractivity contribution in [3.05, 3.63) is 83.2 Å². The predicted molar refractivity (Wildman–Crippen MR) is 123 cm³/mol. The molecule has 3 N–H and O–H groups in total. The van der Waals surface area contributed by atoms with Gasteiger partial charge in [-0.25, -0.2) is 4.79 Å². The molecule has 1 aliphatic carbocycles. The number of nitrogens with one attached hydrogen (secondary N) is 2. The maximum atomic E-state index is 12.7. The second-order valence-corrected chi connectivity index (χ2v) is 8.05. The predicted octanol–water partition coefficient (Wildman–Crippen LogP) is 3.56. The van der Waals surface area contributed by atoms with E-state index in [0.29, 0.717) is 0 Å². The van der Waals surface area contributed by atoms with E-state index in [1.165, 1.54) is 4.68 Å². The van der Waals surface area contributed by atoms with Crippen LogP contribution in [0.4, 0.5) is 4.79 Å². The molecule has 3 aromatic rings. The van der Waals surface area contributed by atoms with Crippen LogP contribution in [0.5, 0.6) is 0 Å². The number of carbonyl (C=O) groups excluding carboxylic acids is 2. The number of benzene rings is 2. The molecule has 4 rings (SSSR count). The van der Waals surface area contributed by atoms with Crippen LogP contribution in [0.1, 0.15) is 34.9 Å². The van der Waals surface area contributed by atoms with E-state index in [4.69, 9.17) is 4.74 Å². The third-order valence-electron chi connectivity index (χ3n) is 5.82. The SMILES string of the molecule is Cc1ccc(C)n1NC(=O)C(CC(=O)O)NC(=O)OCC1c2ccccc2-c2ccccc21. The number of aliphatic carboxylic acids is 1. The Morgan fingerprint density at radius 1 is 0.939 bits per heavy atom. The number of amides is 2. The summed E-state index contributed by atoms with van der Waals surface area (Å²) in [5, 5.41) is 11.6. The Kier molecular flexibility index (Phi) is 6.17. The van der Waals surface area contributed by atoms with E-state index >= 15 is 0 Å². The molecular formula is C25H25N3O5. The van der Waals surface area contributed by atoms with Crippen molar-refractivity contribution in [1.29, 1.82) is 0 Å². The lowest BCUT2D eigenvalue weighted by atomic mass is 9.98. The third-order valence-corrected chi connectivity index (χ3v) is 5.82. The van der Waals surface area contributed by atoms with Crippen molar-refractivity contribution in [2.45, 2.75) is 32.2 Å². The van der Waals surface area contributed by atoms with Gasteiger partial charge in [0.1, 0.15) is 12.6 Å². The van der Waals surface area contributed by atoms with Crippen LogP contribution in [-0.2, 0) is 14.3 Å². The first-order chi connectivity index (χ1) is 15.8. The molecule has 0 fully saturated rings. The van der Waals surface area contributed by atoms with Gasteiger partial charge in [-0.1, -0.05) is 48.5 Å². The number of carboxylic acid groups (broad SMARTS) is 1. The summed E-state index contributed by atoms with van der Waals surface area (Å²) in [5.41, 5.74) is 8.50. The average molecular weight is 447 g/mol. The summed E-state index contributed by atoms with van der Waals surface area (Å²) >= 11 is 0. The van der Waals surface area contributed by atoms with Crippen molar-refractivity contribution < 1.29 is 24.2 Å². The monoisotopic (exact) mass is 447 g/mol. The molecule has 1 aliphatic rings. The number of alkyl carbamates (subject to hydrolysis) is 1. The van der Waals surface area contributed by atoms with E-state index in [9.17, 15) is 19.5 Å². The molecule has 0 saturated carbocycles. The highest BCUT2D eigenvalue weighted by Gasteiger charge is 2.30. The molecule has 0 saturated heterocycles. The molecule has 8 heteroatoms. The van der Waals surface area contributed by atoms with Gasteiger partial charge in [-0.3, -0.25) is 19.7 Å². The van der Waals surface area contributed by atoms with Gasteiger partial charge in [0.15, 0.2) is 0 Å². The molecule has 1 unspecified atom stereocenters. The summed E-state index contributed by atoms with van der Waals surface area (Å²) in [6, 6.07) is 18.2. The largest absolute Gasteiger partial charge is 0.481 e. The van der Waals surface area contributed by atoms with Crippen molar-refractivity contribution >= 4 is 18.0 Å². The van der Waals surface area contributed by atoms with Gasteiger partial charge < -0.3 is 15.2 Å². The Bertz CT molecular complexity index is 1150. The van der Waals surface area contributed by atoms with Gasteiger partial charge in [0.25, 0.3) is 5.91 Å². The smallest absolute Gasteiger partial charge is 0.407 e. The van der Waals surface area contributed by atoms with Gasteiger partial charge >= 0.3 is 12.1 Å². The van der Waals surface area contributed by atoms with Crippen LogP contribution < -0.4 is 10.7 Å². The average Bonchev–Trinajstić information content (AvgIpc) is 3.28. The van der Waals surface area contributed by atoms with E-state index in [1.54, 1.807) is 13.8 Å². The van der Waals surface area contributed by atoms with Gasteiger partial charge in [0.2, 0.25) is 0 Å². The summed E-state index contributed by atoms with van der Waals surface area (Å²) in [6.07, 6.45) is -1.42. The fourth-order valence-corrected chi connectivity index (χ4v) is 4.20. The highest BCUT2D eigenvalue weighted by Crippen LogP contribution is 2.44. The number of rotatable bonds is 7. The molecule has 0 radical (unpaired) electrons. The first-order valence-electron chi connectivity index (χ1n) is 10.6. The van der Waals surface area contributed by atoms with Crippen molar-refractivity contribution in [2.75, 3.05) is 12.0 Å². The Hall–Kier alpha value is -4.07. The van der Waals surface area contributed by atoms with Gasteiger partial charge in [-0.2, -0.15) is 0 Å². The van der Waals surface area contributed by atoms with Gasteiger partial charge in [-0.05, 0) is 48.2 Å². The molecule has 1 heterocycles. The molecule has 0 bridgehead atoms. The molecule has 2 aromatic carbocycles. The van der Waals surface area contributed by atoms with Crippen molar-refractivity contribution in [3.8, 4) is 11.1 Å². The quantitative estimate of drug-likeness (QED) is 0.513. The number of ether oxygens (including phenoxy) is 1. The standard InChI is InChI=1S/C25H25N3O5/c1-15-11-12-16(2)28(15)27-24(31)22(13-23(29)30)26-25(32)33-14-21-19-9-5-3-7-17(19)18-8-4-6-10-20(18)21/h3-12,21-22H,13-14H2,1-2H3,(H,26,32)(H,27,31)(H,29,30). The highest BCUT2D eigenvalue weighted by atomic mass is 16.5. The molecule has 0 aliphatic heterocycles.